The normalized spacial score (nSPS) is 30.5. The number of rotatable bonds is 4. The van der Waals surface area contributed by atoms with E-state index < -0.39 is 0 Å². The van der Waals surface area contributed by atoms with Gasteiger partial charge in [-0.2, -0.15) is 0 Å². The Kier molecular flexibility index (Phi) is 4.62. The van der Waals surface area contributed by atoms with Crippen molar-refractivity contribution in [2.75, 3.05) is 6.54 Å². The molecule has 0 atom stereocenters. The molecule has 0 bridgehead atoms. The molecule has 1 rings (SSSR count). The molecule has 1 saturated carbocycles. The summed E-state index contributed by atoms with van der Waals surface area (Å²) in [6.07, 6.45) is 7.59. The van der Waals surface area contributed by atoms with Gasteiger partial charge in [0.05, 0.1) is 0 Å². The standard InChI is InChI=1S/C10H22N2/c1-2-3-8-12-10-6-4-9(11)5-7-10/h9-10,12H,2-8,11H2,1H3/t9-,10-. The van der Waals surface area contributed by atoms with Gasteiger partial charge in [-0.15, -0.1) is 0 Å². The molecular formula is C10H22N2. The fourth-order valence-corrected chi connectivity index (χ4v) is 1.81. The van der Waals surface area contributed by atoms with Gasteiger partial charge < -0.3 is 11.1 Å². The largest absolute Gasteiger partial charge is 0.328 e. The highest BCUT2D eigenvalue weighted by molar-refractivity contribution is 4.78. The lowest BCUT2D eigenvalue weighted by Crippen LogP contribution is -2.37. The van der Waals surface area contributed by atoms with Crippen LogP contribution >= 0.6 is 0 Å². The molecule has 0 heterocycles. The Morgan fingerprint density at radius 2 is 1.92 bits per heavy atom. The van der Waals surface area contributed by atoms with Crippen LogP contribution in [0.2, 0.25) is 0 Å². The quantitative estimate of drug-likeness (QED) is 0.630. The third-order valence-corrected chi connectivity index (χ3v) is 2.74. The third-order valence-electron chi connectivity index (χ3n) is 2.74. The van der Waals surface area contributed by atoms with Gasteiger partial charge in [0.2, 0.25) is 0 Å². The highest BCUT2D eigenvalue weighted by Crippen LogP contribution is 2.16. The van der Waals surface area contributed by atoms with Gasteiger partial charge in [-0.1, -0.05) is 13.3 Å². The zero-order valence-corrected chi connectivity index (χ0v) is 8.18. The lowest BCUT2D eigenvalue weighted by atomic mass is 9.92. The van der Waals surface area contributed by atoms with Crippen molar-refractivity contribution in [3.05, 3.63) is 0 Å². The molecule has 12 heavy (non-hydrogen) atoms. The van der Waals surface area contributed by atoms with E-state index in [4.69, 9.17) is 5.73 Å². The zero-order valence-electron chi connectivity index (χ0n) is 8.18. The van der Waals surface area contributed by atoms with Crippen LogP contribution in [-0.4, -0.2) is 18.6 Å². The monoisotopic (exact) mass is 170 g/mol. The molecule has 0 unspecified atom stereocenters. The summed E-state index contributed by atoms with van der Waals surface area (Å²) in [6.45, 7) is 3.43. The first-order valence-corrected chi connectivity index (χ1v) is 5.32. The van der Waals surface area contributed by atoms with Crippen LogP contribution in [0.15, 0.2) is 0 Å². The van der Waals surface area contributed by atoms with E-state index in [-0.39, 0.29) is 0 Å². The molecule has 2 heteroatoms. The second kappa shape index (κ2) is 5.55. The minimum Gasteiger partial charge on any atom is -0.328 e. The first-order valence-electron chi connectivity index (χ1n) is 5.32. The van der Waals surface area contributed by atoms with Crippen molar-refractivity contribution < 1.29 is 0 Å². The summed E-state index contributed by atoms with van der Waals surface area (Å²) < 4.78 is 0. The van der Waals surface area contributed by atoms with Gasteiger partial charge in [-0.25, -0.2) is 0 Å². The molecule has 0 aliphatic heterocycles. The Labute approximate surface area is 75.9 Å². The maximum atomic E-state index is 5.82. The molecule has 0 aromatic heterocycles. The van der Waals surface area contributed by atoms with Crippen molar-refractivity contribution in [3.8, 4) is 0 Å². The van der Waals surface area contributed by atoms with Crippen LogP contribution in [0, 0.1) is 0 Å². The summed E-state index contributed by atoms with van der Waals surface area (Å²) in [5, 5.41) is 3.59. The predicted molar refractivity (Wildman–Crippen MR) is 53.1 cm³/mol. The minimum absolute atomic E-state index is 0.481. The highest BCUT2D eigenvalue weighted by atomic mass is 14.9. The van der Waals surface area contributed by atoms with Crippen molar-refractivity contribution in [1.82, 2.24) is 5.32 Å². The Balaban J connectivity index is 2.01. The summed E-state index contributed by atoms with van der Waals surface area (Å²) in [7, 11) is 0. The smallest absolute Gasteiger partial charge is 0.00682 e. The van der Waals surface area contributed by atoms with Gasteiger partial charge in [-0.3, -0.25) is 0 Å². The van der Waals surface area contributed by atoms with Crippen LogP contribution in [0.1, 0.15) is 45.4 Å². The number of hydrogen-bond acceptors (Lipinski definition) is 2. The Hall–Kier alpha value is -0.0800. The predicted octanol–water partition coefficient (Wildman–Crippen LogP) is 1.65. The first-order chi connectivity index (χ1) is 5.83. The third kappa shape index (κ3) is 3.55. The molecule has 72 valence electrons. The topological polar surface area (TPSA) is 38.0 Å². The number of hydrogen-bond donors (Lipinski definition) is 2. The van der Waals surface area contributed by atoms with E-state index in [0.29, 0.717) is 6.04 Å². The molecule has 3 N–H and O–H groups in total. The number of nitrogens with two attached hydrogens (primary N) is 1. The molecule has 0 radical (unpaired) electrons. The average Bonchev–Trinajstić information content (AvgIpc) is 2.09. The van der Waals surface area contributed by atoms with E-state index in [0.717, 1.165) is 6.04 Å². The minimum atomic E-state index is 0.481. The van der Waals surface area contributed by atoms with Crippen molar-refractivity contribution in [2.45, 2.75) is 57.5 Å². The fourth-order valence-electron chi connectivity index (χ4n) is 1.81. The van der Waals surface area contributed by atoms with Crippen LogP contribution in [-0.2, 0) is 0 Å². The SMILES string of the molecule is CCCCN[C@H]1CC[C@H](N)CC1. The van der Waals surface area contributed by atoms with Gasteiger partial charge in [-0.05, 0) is 38.6 Å². The second-order valence-electron chi connectivity index (χ2n) is 3.92. The lowest BCUT2D eigenvalue weighted by molar-refractivity contribution is 0.342. The molecule has 0 aromatic rings. The van der Waals surface area contributed by atoms with Crippen LogP contribution < -0.4 is 11.1 Å². The van der Waals surface area contributed by atoms with Gasteiger partial charge in [0.15, 0.2) is 0 Å². The highest BCUT2D eigenvalue weighted by Gasteiger charge is 2.16. The molecule has 2 nitrogen and oxygen atoms in total. The van der Waals surface area contributed by atoms with Gasteiger partial charge in [0.1, 0.15) is 0 Å². The lowest BCUT2D eigenvalue weighted by Gasteiger charge is -2.26. The fraction of sp³-hybridized carbons (Fsp3) is 1.00. The van der Waals surface area contributed by atoms with Crippen LogP contribution in [0.4, 0.5) is 0 Å². The molecule has 0 aromatic carbocycles. The van der Waals surface area contributed by atoms with E-state index in [9.17, 15) is 0 Å². The molecule has 1 aliphatic rings. The first kappa shape index (κ1) is 10.0. The summed E-state index contributed by atoms with van der Waals surface area (Å²) in [5.74, 6) is 0. The molecule has 1 fully saturated rings. The van der Waals surface area contributed by atoms with Crippen molar-refractivity contribution in [1.29, 1.82) is 0 Å². The maximum absolute atomic E-state index is 5.82. The summed E-state index contributed by atoms with van der Waals surface area (Å²) in [5.41, 5.74) is 5.82. The average molecular weight is 170 g/mol. The molecule has 0 amide bonds. The van der Waals surface area contributed by atoms with Crippen molar-refractivity contribution in [3.63, 3.8) is 0 Å². The van der Waals surface area contributed by atoms with Gasteiger partial charge >= 0.3 is 0 Å². The van der Waals surface area contributed by atoms with Crippen molar-refractivity contribution in [2.24, 2.45) is 5.73 Å². The van der Waals surface area contributed by atoms with Crippen LogP contribution in [0.3, 0.4) is 0 Å². The van der Waals surface area contributed by atoms with E-state index >= 15 is 0 Å². The van der Waals surface area contributed by atoms with E-state index in [1.54, 1.807) is 0 Å². The van der Waals surface area contributed by atoms with E-state index in [2.05, 4.69) is 12.2 Å². The summed E-state index contributed by atoms with van der Waals surface area (Å²) in [6, 6.07) is 1.24. The summed E-state index contributed by atoms with van der Waals surface area (Å²) >= 11 is 0. The Morgan fingerprint density at radius 3 is 2.50 bits per heavy atom. The van der Waals surface area contributed by atoms with Crippen LogP contribution in [0.5, 0.6) is 0 Å². The summed E-state index contributed by atoms with van der Waals surface area (Å²) in [4.78, 5) is 0. The molecule has 0 spiro atoms. The Bertz CT molecular complexity index is 106. The van der Waals surface area contributed by atoms with Gasteiger partial charge in [0, 0.05) is 12.1 Å². The maximum Gasteiger partial charge on any atom is 0.00682 e. The zero-order chi connectivity index (χ0) is 8.81. The molecule has 0 saturated heterocycles. The molecule has 1 aliphatic carbocycles. The van der Waals surface area contributed by atoms with Crippen molar-refractivity contribution >= 4 is 0 Å². The number of nitrogens with one attached hydrogen (secondary N) is 1. The number of unbranched alkanes of at least 4 members (excludes halogenated alkanes) is 1. The van der Waals surface area contributed by atoms with E-state index in [1.165, 1.54) is 45.1 Å². The second-order valence-corrected chi connectivity index (χ2v) is 3.92. The van der Waals surface area contributed by atoms with Gasteiger partial charge in [0.25, 0.3) is 0 Å². The van der Waals surface area contributed by atoms with Crippen LogP contribution in [0.25, 0.3) is 0 Å². The molecular weight excluding hydrogens is 148 g/mol. The van der Waals surface area contributed by atoms with E-state index in [1.807, 2.05) is 0 Å². The Morgan fingerprint density at radius 1 is 1.25 bits per heavy atom.